The van der Waals surface area contributed by atoms with Crippen molar-refractivity contribution in [1.29, 1.82) is 0 Å². The average molecular weight is 295 g/mol. The molecule has 0 fully saturated rings. The normalized spacial score (nSPS) is 10.3. The van der Waals surface area contributed by atoms with E-state index in [9.17, 15) is 4.79 Å². The molecule has 2 nitrogen and oxygen atoms in total. The number of carbonyl (C=O) groups excluding carboxylic acids is 1. The first-order valence-corrected chi connectivity index (χ1v) is 6.51. The van der Waals surface area contributed by atoms with Crippen molar-refractivity contribution in [3.05, 3.63) is 58.1 Å². The second-order valence-electron chi connectivity index (χ2n) is 4.23. The molecule has 0 bridgehead atoms. The number of hydrogen-bond acceptors (Lipinski definition) is 2. The Hall–Kier alpha value is -1.51. The number of ether oxygens (including phenoxy) is 1. The fraction of sp³-hybridized carbons (Fsp3) is 0.133. The van der Waals surface area contributed by atoms with Gasteiger partial charge in [0.1, 0.15) is 17.3 Å². The van der Waals surface area contributed by atoms with Crippen LogP contribution in [0.15, 0.2) is 42.5 Å². The lowest BCUT2D eigenvalue weighted by Crippen LogP contribution is -1.95. The Morgan fingerprint density at radius 2 is 1.58 bits per heavy atom. The summed E-state index contributed by atoms with van der Waals surface area (Å²) in [5, 5.41) is 1.05. The third-order valence-corrected chi connectivity index (χ3v) is 2.88. The van der Waals surface area contributed by atoms with Gasteiger partial charge in [-0.2, -0.15) is 0 Å². The summed E-state index contributed by atoms with van der Waals surface area (Å²) >= 11 is 11.8. The van der Waals surface area contributed by atoms with Crippen LogP contribution in [0.1, 0.15) is 12.5 Å². The van der Waals surface area contributed by atoms with Gasteiger partial charge < -0.3 is 4.74 Å². The Balaban J connectivity index is 2.12. The van der Waals surface area contributed by atoms with Gasteiger partial charge in [-0.05, 0) is 42.8 Å². The van der Waals surface area contributed by atoms with Crippen LogP contribution in [0.25, 0.3) is 0 Å². The lowest BCUT2D eigenvalue weighted by Gasteiger charge is -2.07. The summed E-state index contributed by atoms with van der Waals surface area (Å²) < 4.78 is 5.65. The Kier molecular flexibility index (Phi) is 4.46. The van der Waals surface area contributed by atoms with E-state index in [-0.39, 0.29) is 5.78 Å². The fourth-order valence-electron chi connectivity index (χ4n) is 1.69. The largest absolute Gasteiger partial charge is 0.457 e. The molecule has 0 aromatic heterocycles. The molecular weight excluding hydrogens is 283 g/mol. The maximum atomic E-state index is 11.0. The number of carbonyl (C=O) groups is 1. The molecule has 0 amide bonds. The van der Waals surface area contributed by atoms with E-state index in [2.05, 4.69) is 0 Å². The molecule has 0 unspecified atom stereocenters. The molecule has 0 aliphatic heterocycles. The van der Waals surface area contributed by atoms with Crippen molar-refractivity contribution < 1.29 is 9.53 Å². The minimum Gasteiger partial charge on any atom is -0.457 e. The summed E-state index contributed by atoms with van der Waals surface area (Å²) in [7, 11) is 0. The SMILES string of the molecule is CC(=O)Cc1ccc(Oc2cc(Cl)cc(Cl)c2)cc1. The van der Waals surface area contributed by atoms with Crippen LogP contribution in [0.5, 0.6) is 11.5 Å². The van der Waals surface area contributed by atoms with E-state index in [4.69, 9.17) is 27.9 Å². The molecule has 0 aliphatic rings. The minimum absolute atomic E-state index is 0.135. The molecule has 0 saturated carbocycles. The quantitative estimate of drug-likeness (QED) is 0.800. The number of benzene rings is 2. The van der Waals surface area contributed by atoms with Crippen LogP contribution in [0.3, 0.4) is 0 Å². The molecule has 0 radical (unpaired) electrons. The van der Waals surface area contributed by atoms with E-state index in [0.717, 1.165) is 5.56 Å². The third kappa shape index (κ3) is 4.27. The first-order valence-electron chi connectivity index (χ1n) is 5.75. The van der Waals surface area contributed by atoms with Crippen molar-refractivity contribution >= 4 is 29.0 Å². The van der Waals surface area contributed by atoms with Crippen molar-refractivity contribution in [2.75, 3.05) is 0 Å². The highest BCUT2D eigenvalue weighted by Gasteiger charge is 2.02. The summed E-state index contributed by atoms with van der Waals surface area (Å²) in [6.07, 6.45) is 0.434. The van der Waals surface area contributed by atoms with Gasteiger partial charge in [0.25, 0.3) is 0 Å². The summed E-state index contributed by atoms with van der Waals surface area (Å²) in [5.41, 5.74) is 0.962. The van der Waals surface area contributed by atoms with Gasteiger partial charge in [0.05, 0.1) is 0 Å². The second-order valence-corrected chi connectivity index (χ2v) is 5.10. The highest BCUT2D eigenvalue weighted by molar-refractivity contribution is 6.34. The zero-order valence-electron chi connectivity index (χ0n) is 10.3. The van der Waals surface area contributed by atoms with Crippen LogP contribution in [0.2, 0.25) is 10.0 Å². The Morgan fingerprint density at radius 1 is 1.00 bits per heavy atom. The van der Waals surface area contributed by atoms with Crippen molar-refractivity contribution in [3.63, 3.8) is 0 Å². The van der Waals surface area contributed by atoms with Crippen LogP contribution in [-0.2, 0) is 11.2 Å². The molecule has 19 heavy (non-hydrogen) atoms. The van der Waals surface area contributed by atoms with Crippen LogP contribution < -0.4 is 4.74 Å². The molecule has 2 rings (SSSR count). The van der Waals surface area contributed by atoms with Crippen molar-refractivity contribution in [2.45, 2.75) is 13.3 Å². The van der Waals surface area contributed by atoms with Gasteiger partial charge in [-0.3, -0.25) is 4.79 Å². The highest BCUT2D eigenvalue weighted by atomic mass is 35.5. The fourth-order valence-corrected chi connectivity index (χ4v) is 2.19. The van der Waals surface area contributed by atoms with E-state index in [0.29, 0.717) is 28.0 Å². The van der Waals surface area contributed by atoms with E-state index in [1.807, 2.05) is 24.3 Å². The Morgan fingerprint density at radius 3 is 2.11 bits per heavy atom. The van der Waals surface area contributed by atoms with Crippen LogP contribution in [0.4, 0.5) is 0 Å². The molecule has 2 aromatic carbocycles. The molecular formula is C15H12Cl2O2. The lowest BCUT2D eigenvalue weighted by atomic mass is 10.1. The molecule has 0 aliphatic carbocycles. The number of Topliss-reactive ketones (excluding diaryl/α,β-unsaturated/α-hetero) is 1. The van der Waals surface area contributed by atoms with Gasteiger partial charge in [0.2, 0.25) is 0 Å². The lowest BCUT2D eigenvalue weighted by molar-refractivity contribution is -0.116. The molecule has 98 valence electrons. The number of rotatable bonds is 4. The van der Waals surface area contributed by atoms with Gasteiger partial charge in [-0.1, -0.05) is 35.3 Å². The molecule has 0 saturated heterocycles. The van der Waals surface area contributed by atoms with E-state index in [1.54, 1.807) is 25.1 Å². The van der Waals surface area contributed by atoms with Gasteiger partial charge in [-0.15, -0.1) is 0 Å². The topological polar surface area (TPSA) is 26.3 Å². The predicted octanol–water partition coefficient (Wildman–Crippen LogP) is 4.92. The minimum atomic E-state index is 0.135. The second kappa shape index (κ2) is 6.09. The summed E-state index contributed by atoms with van der Waals surface area (Å²) in [4.78, 5) is 11.0. The standard InChI is InChI=1S/C15H12Cl2O2/c1-10(18)6-11-2-4-14(5-3-11)19-15-8-12(16)7-13(17)9-15/h2-5,7-9H,6H2,1H3. The van der Waals surface area contributed by atoms with Crippen LogP contribution in [0, 0.1) is 0 Å². The van der Waals surface area contributed by atoms with Crippen LogP contribution >= 0.6 is 23.2 Å². The van der Waals surface area contributed by atoms with Crippen molar-refractivity contribution in [1.82, 2.24) is 0 Å². The molecule has 0 N–H and O–H groups in total. The molecule has 0 atom stereocenters. The zero-order valence-corrected chi connectivity index (χ0v) is 11.8. The monoisotopic (exact) mass is 294 g/mol. The number of ketones is 1. The predicted molar refractivity (Wildman–Crippen MR) is 77.4 cm³/mol. The van der Waals surface area contributed by atoms with E-state index >= 15 is 0 Å². The summed E-state index contributed by atoms with van der Waals surface area (Å²) in [5.74, 6) is 1.39. The van der Waals surface area contributed by atoms with Crippen molar-refractivity contribution in [2.24, 2.45) is 0 Å². The van der Waals surface area contributed by atoms with Gasteiger partial charge in [-0.25, -0.2) is 0 Å². The maximum absolute atomic E-state index is 11.0. The highest BCUT2D eigenvalue weighted by Crippen LogP contribution is 2.28. The van der Waals surface area contributed by atoms with Gasteiger partial charge in [0.15, 0.2) is 0 Å². The first kappa shape index (κ1) is 13.9. The third-order valence-electron chi connectivity index (χ3n) is 2.45. The Labute approximate surface area is 121 Å². The Bertz CT molecular complexity index is 571. The van der Waals surface area contributed by atoms with E-state index < -0.39 is 0 Å². The number of halogens is 2. The van der Waals surface area contributed by atoms with Gasteiger partial charge >= 0.3 is 0 Å². The first-order chi connectivity index (χ1) is 9.02. The smallest absolute Gasteiger partial charge is 0.134 e. The zero-order chi connectivity index (χ0) is 13.8. The summed E-state index contributed by atoms with van der Waals surface area (Å²) in [6, 6.07) is 12.4. The molecule has 4 heteroatoms. The molecule has 0 spiro atoms. The van der Waals surface area contributed by atoms with E-state index in [1.165, 1.54) is 0 Å². The number of hydrogen-bond donors (Lipinski definition) is 0. The molecule has 0 heterocycles. The summed E-state index contributed by atoms with van der Waals surface area (Å²) in [6.45, 7) is 1.57. The molecule has 2 aromatic rings. The van der Waals surface area contributed by atoms with Crippen molar-refractivity contribution in [3.8, 4) is 11.5 Å². The average Bonchev–Trinajstić information content (AvgIpc) is 2.29. The van der Waals surface area contributed by atoms with Gasteiger partial charge in [0, 0.05) is 16.5 Å². The van der Waals surface area contributed by atoms with Crippen LogP contribution in [-0.4, -0.2) is 5.78 Å². The maximum Gasteiger partial charge on any atom is 0.134 e.